The van der Waals surface area contributed by atoms with Gasteiger partial charge in [0, 0.05) is 18.5 Å². The number of aliphatic hydroxyl groups is 1. The molecule has 1 saturated carbocycles. The summed E-state index contributed by atoms with van der Waals surface area (Å²) in [5.74, 6) is -3.26. The number of nitrogens with zero attached hydrogens (tertiary/aromatic N) is 2. The summed E-state index contributed by atoms with van der Waals surface area (Å²) in [4.78, 5) is 7.48. The van der Waals surface area contributed by atoms with Crippen molar-refractivity contribution in [2.75, 3.05) is 0 Å². The molecule has 0 amide bonds. The van der Waals surface area contributed by atoms with Gasteiger partial charge in [-0.2, -0.15) is 0 Å². The average Bonchev–Trinajstić information content (AvgIpc) is 2.75. The third-order valence-electron chi connectivity index (χ3n) is 2.41. The Morgan fingerprint density at radius 3 is 2.86 bits per heavy atom. The van der Waals surface area contributed by atoms with E-state index in [2.05, 4.69) is 9.97 Å². The van der Waals surface area contributed by atoms with Crippen LogP contribution in [0.25, 0.3) is 0 Å². The summed E-state index contributed by atoms with van der Waals surface area (Å²) in [7, 11) is 0. The molecule has 0 bridgehead atoms. The zero-order chi connectivity index (χ0) is 10.2. The van der Waals surface area contributed by atoms with Crippen molar-refractivity contribution < 1.29 is 13.9 Å². The number of aliphatic hydroxyl groups excluding tert-OH is 1. The Balaban J connectivity index is 1.94. The molecular formula is C9H10F2N2O. The van der Waals surface area contributed by atoms with E-state index >= 15 is 0 Å². The minimum Gasteiger partial charge on any atom is -0.387 e. The van der Waals surface area contributed by atoms with Gasteiger partial charge < -0.3 is 5.11 Å². The van der Waals surface area contributed by atoms with Gasteiger partial charge in [-0.1, -0.05) is 0 Å². The molecule has 0 radical (unpaired) electrons. The molecule has 2 atom stereocenters. The number of hydrogen-bond donors (Lipinski definition) is 1. The lowest BCUT2D eigenvalue weighted by molar-refractivity contribution is 0.0757. The molecule has 3 nitrogen and oxygen atoms in total. The van der Waals surface area contributed by atoms with Crippen LogP contribution in [0, 0.1) is 5.92 Å². The van der Waals surface area contributed by atoms with Crippen molar-refractivity contribution in [2.24, 2.45) is 5.92 Å². The summed E-state index contributed by atoms with van der Waals surface area (Å²) in [6.45, 7) is 0. The highest BCUT2D eigenvalue weighted by Crippen LogP contribution is 2.52. The fraction of sp³-hybridized carbons (Fsp3) is 0.556. The minimum atomic E-state index is -2.58. The zero-order valence-electron chi connectivity index (χ0n) is 7.40. The van der Waals surface area contributed by atoms with Gasteiger partial charge in [0.05, 0.1) is 11.8 Å². The zero-order valence-corrected chi connectivity index (χ0v) is 7.40. The lowest BCUT2D eigenvalue weighted by Gasteiger charge is -2.08. The maximum atomic E-state index is 12.5. The van der Waals surface area contributed by atoms with Crippen molar-refractivity contribution >= 4 is 0 Å². The van der Waals surface area contributed by atoms with Crippen LogP contribution in [-0.2, 0) is 0 Å². The minimum absolute atomic E-state index is 0.0734. The van der Waals surface area contributed by atoms with Gasteiger partial charge in [0.1, 0.15) is 6.33 Å². The van der Waals surface area contributed by atoms with E-state index in [-0.39, 0.29) is 12.8 Å². The number of aromatic nitrogens is 2. The van der Waals surface area contributed by atoms with Crippen LogP contribution in [0.4, 0.5) is 8.78 Å². The van der Waals surface area contributed by atoms with E-state index in [1.807, 2.05) is 0 Å². The number of halogens is 2. The summed E-state index contributed by atoms with van der Waals surface area (Å²) in [6, 6.07) is 1.53. The molecule has 0 saturated heterocycles. The Morgan fingerprint density at radius 1 is 1.64 bits per heavy atom. The van der Waals surface area contributed by atoms with Crippen LogP contribution in [0.3, 0.4) is 0 Å². The molecule has 76 valence electrons. The molecule has 1 aliphatic rings. The van der Waals surface area contributed by atoms with Crippen molar-refractivity contribution in [1.29, 1.82) is 0 Å². The predicted molar refractivity (Wildman–Crippen MR) is 44.7 cm³/mol. The smallest absolute Gasteiger partial charge is 0.251 e. The third-order valence-corrected chi connectivity index (χ3v) is 2.41. The quantitative estimate of drug-likeness (QED) is 0.805. The lowest BCUT2D eigenvalue weighted by atomic mass is 10.1. The first kappa shape index (κ1) is 9.45. The van der Waals surface area contributed by atoms with Crippen molar-refractivity contribution in [3.05, 3.63) is 24.3 Å². The van der Waals surface area contributed by atoms with Gasteiger partial charge in [-0.25, -0.2) is 18.7 Å². The van der Waals surface area contributed by atoms with E-state index in [1.54, 1.807) is 0 Å². The van der Waals surface area contributed by atoms with Gasteiger partial charge in [-0.3, -0.25) is 0 Å². The Bertz CT molecular complexity index is 318. The molecule has 1 aromatic rings. The molecule has 14 heavy (non-hydrogen) atoms. The maximum Gasteiger partial charge on any atom is 0.251 e. The maximum absolute atomic E-state index is 12.5. The fourth-order valence-corrected chi connectivity index (χ4v) is 1.41. The van der Waals surface area contributed by atoms with Gasteiger partial charge in [-0.05, 0) is 12.5 Å². The summed E-state index contributed by atoms with van der Waals surface area (Å²) in [5.41, 5.74) is 0.405. The van der Waals surface area contributed by atoms with Gasteiger partial charge in [0.15, 0.2) is 0 Å². The molecule has 2 unspecified atom stereocenters. The van der Waals surface area contributed by atoms with Crippen LogP contribution in [0.5, 0.6) is 0 Å². The van der Waals surface area contributed by atoms with E-state index in [9.17, 15) is 13.9 Å². The van der Waals surface area contributed by atoms with Crippen LogP contribution < -0.4 is 0 Å². The van der Waals surface area contributed by atoms with E-state index < -0.39 is 17.9 Å². The summed E-state index contributed by atoms with van der Waals surface area (Å²) in [6.07, 6.45) is 1.83. The Labute approximate surface area is 79.8 Å². The molecule has 1 fully saturated rings. The summed E-state index contributed by atoms with van der Waals surface area (Å²) < 4.78 is 25.1. The predicted octanol–water partition coefficient (Wildman–Crippen LogP) is 1.56. The van der Waals surface area contributed by atoms with Gasteiger partial charge >= 0.3 is 0 Å². The van der Waals surface area contributed by atoms with E-state index in [4.69, 9.17) is 0 Å². The standard InChI is InChI=1S/C9H10F2N2O/c10-9(11)4-6(9)3-8(14)7-1-2-12-5-13-7/h1-2,5-6,8,14H,3-4H2. The third kappa shape index (κ3) is 1.87. The second kappa shape index (κ2) is 3.24. The molecule has 1 aliphatic carbocycles. The number of alkyl halides is 2. The van der Waals surface area contributed by atoms with Crippen molar-refractivity contribution in [3.63, 3.8) is 0 Å². The first-order valence-corrected chi connectivity index (χ1v) is 4.41. The molecule has 0 aliphatic heterocycles. The molecule has 1 aromatic heterocycles. The normalized spacial score (nSPS) is 25.8. The largest absolute Gasteiger partial charge is 0.387 e. The first-order chi connectivity index (χ1) is 6.59. The van der Waals surface area contributed by atoms with E-state index in [1.165, 1.54) is 18.6 Å². The molecule has 5 heteroatoms. The Hall–Kier alpha value is -1.10. The van der Waals surface area contributed by atoms with Crippen LogP contribution in [-0.4, -0.2) is 21.0 Å². The van der Waals surface area contributed by atoms with Crippen molar-refractivity contribution in [1.82, 2.24) is 9.97 Å². The van der Waals surface area contributed by atoms with Gasteiger partial charge in [0.25, 0.3) is 5.92 Å². The molecule has 0 aromatic carbocycles. The number of hydrogen-bond acceptors (Lipinski definition) is 3. The van der Waals surface area contributed by atoms with Crippen LogP contribution in [0.1, 0.15) is 24.6 Å². The van der Waals surface area contributed by atoms with Gasteiger partial charge in [0.2, 0.25) is 0 Å². The highest BCUT2D eigenvalue weighted by molar-refractivity contribution is 5.05. The van der Waals surface area contributed by atoms with Crippen LogP contribution in [0.15, 0.2) is 18.6 Å². The van der Waals surface area contributed by atoms with E-state index in [0.29, 0.717) is 5.69 Å². The van der Waals surface area contributed by atoms with Crippen molar-refractivity contribution in [3.8, 4) is 0 Å². The summed E-state index contributed by atoms with van der Waals surface area (Å²) >= 11 is 0. The summed E-state index contributed by atoms with van der Waals surface area (Å²) in [5, 5.41) is 9.54. The second-order valence-electron chi connectivity index (χ2n) is 3.55. The monoisotopic (exact) mass is 200 g/mol. The van der Waals surface area contributed by atoms with Crippen LogP contribution >= 0.6 is 0 Å². The molecule has 0 spiro atoms. The highest BCUT2D eigenvalue weighted by Gasteiger charge is 2.57. The Kier molecular flexibility index (Phi) is 2.19. The molecule has 2 rings (SSSR count). The number of rotatable bonds is 3. The highest BCUT2D eigenvalue weighted by atomic mass is 19.3. The second-order valence-corrected chi connectivity index (χ2v) is 3.55. The van der Waals surface area contributed by atoms with Crippen molar-refractivity contribution in [2.45, 2.75) is 24.9 Å². The lowest BCUT2D eigenvalue weighted by Crippen LogP contribution is -2.04. The van der Waals surface area contributed by atoms with Crippen LogP contribution in [0.2, 0.25) is 0 Å². The molecule has 1 N–H and O–H groups in total. The molecule has 1 heterocycles. The van der Waals surface area contributed by atoms with E-state index in [0.717, 1.165) is 0 Å². The fourth-order valence-electron chi connectivity index (χ4n) is 1.41. The Morgan fingerprint density at radius 2 is 2.36 bits per heavy atom. The topological polar surface area (TPSA) is 46.0 Å². The first-order valence-electron chi connectivity index (χ1n) is 4.41. The molecular weight excluding hydrogens is 190 g/mol. The SMILES string of the molecule is OC(CC1CC1(F)F)c1ccncn1. The van der Waals surface area contributed by atoms with Gasteiger partial charge in [-0.15, -0.1) is 0 Å². The average molecular weight is 200 g/mol.